The van der Waals surface area contributed by atoms with Crippen LogP contribution in [0, 0.1) is 0 Å². The molecule has 0 fully saturated rings. The molecule has 5 nitrogen and oxygen atoms in total. The van der Waals surface area contributed by atoms with Gasteiger partial charge in [0.15, 0.2) is 6.10 Å². The fourth-order valence-corrected chi connectivity index (χ4v) is 2.40. The fraction of sp³-hybridized carbons (Fsp3) is 0.467. The number of hydrogen-bond acceptors (Lipinski definition) is 3. The second kappa shape index (κ2) is 6.52. The van der Waals surface area contributed by atoms with Gasteiger partial charge in [0, 0.05) is 0 Å². The van der Waals surface area contributed by atoms with Crippen LogP contribution in [0.4, 0.5) is 0 Å². The van der Waals surface area contributed by atoms with Crippen LogP contribution in [0.15, 0.2) is 24.3 Å². The lowest BCUT2D eigenvalue weighted by molar-refractivity contribution is -0.145. The van der Waals surface area contributed by atoms with E-state index >= 15 is 0 Å². The van der Waals surface area contributed by atoms with Crippen molar-refractivity contribution in [1.29, 1.82) is 0 Å². The van der Waals surface area contributed by atoms with Crippen LogP contribution in [0.5, 0.6) is 0 Å². The lowest BCUT2D eigenvalue weighted by Crippen LogP contribution is -2.44. The van der Waals surface area contributed by atoms with Gasteiger partial charge in [0.25, 0.3) is 5.91 Å². The molecule has 1 heterocycles. The molecule has 0 saturated carbocycles. The minimum Gasteiger partial charge on any atom is -0.480 e. The van der Waals surface area contributed by atoms with Crippen molar-refractivity contribution >= 4 is 11.9 Å². The zero-order valence-corrected chi connectivity index (χ0v) is 11.5. The molecule has 1 amide bonds. The van der Waals surface area contributed by atoms with Gasteiger partial charge in [0.05, 0.1) is 6.61 Å². The predicted molar refractivity (Wildman–Crippen MR) is 73.3 cm³/mol. The van der Waals surface area contributed by atoms with Crippen LogP contribution in [-0.4, -0.2) is 29.6 Å². The Morgan fingerprint density at radius 3 is 2.90 bits per heavy atom. The SMILES string of the molecule is CCCC(NC(=O)C1OCCc2ccccc21)C(=O)O. The van der Waals surface area contributed by atoms with Crippen LogP contribution >= 0.6 is 0 Å². The number of benzene rings is 1. The van der Waals surface area contributed by atoms with E-state index in [4.69, 9.17) is 9.84 Å². The molecule has 0 aromatic heterocycles. The molecule has 1 aliphatic heterocycles. The number of hydrogen-bond donors (Lipinski definition) is 2. The first kappa shape index (κ1) is 14.5. The van der Waals surface area contributed by atoms with E-state index in [-0.39, 0.29) is 5.91 Å². The summed E-state index contributed by atoms with van der Waals surface area (Å²) in [5.41, 5.74) is 1.91. The highest BCUT2D eigenvalue weighted by atomic mass is 16.5. The van der Waals surface area contributed by atoms with Crippen LogP contribution in [0.25, 0.3) is 0 Å². The van der Waals surface area contributed by atoms with Crippen molar-refractivity contribution in [3.63, 3.8) is 0 Å². The van der Waals surface area contributed by atoms with Crippen LogP contribution in [0.2, 0.25) is 0 Å². The quantitative estimate of drug-likeness (QED) is 0.858. The molecule has 2 rings (SSSR count). The number of carboxylic acid groups (broad SMARTS) is 1. The van der Waals surface area contributed by atoms with E-state index in [2.05, 4.69) is 5.32 Å². The minimum absolute atomic E-state index is 0.377. The summed E-state index contributed by atoms with van der Waals surface area (Å²) in [7, 11) is 0. The normalized spacial score (nSPS) is 18.9. The third kappa shape index (κ3) is 3.17. The molecule has 2 N–H and O–H groups in total. The highest BCUT2D eigenvalue weighted by Crippen LogP contribution is 2.27. The lowest BCUT2D eigenvalue weighted by atomic mass is 9.97. The highest BCUT2D eigenvalue weighted by molar-refractivity contribution is 5.87. The molecule has 108 valence electrons. The summed E-state index contributed by atoms with van der Waals surface area (Å²) < 4.78 is 5.52. The Hall–Kier alpha value is -1.88. The Morgan fingerprint density at radius 1 is 1.45 bits per heavy atom. The van der Waals surface area contributed by atoms with Gasteiger partial charge >= 0.3 is 5.97 Å². The van der Waals surface area contributed by atoms with Crippen molar-refractivity contribution in [2.45, 2.75) is 38.3 Å². The number of carbonyl (C=O) groups excluding carboxylic acids is 1. The Bertz CT molecular complexity index is 500. The number of rotatable bonds is 5. The minimum atomic E-state index is -1.01. The molecular weight excluding hydrogens is 258 g/mol. The van der Waals surface area contributed by atoms with Crippen LogP contribution in [0.1, 0.15) is 37.0 Å². The standard InChI is InChI=1S/C15H19NO4/c1-2-5-12(15(18)19)16-14(17)13-11-7-4-3-6-10(11)8-9-20-13/h3-4,6-7,12-13H,2,5,8-9H2,1H3,(H,16,17)(H,18,19). The summed E-state index contributed by atoms with van der Waals surface area (Å²) >= 11 is 0. The van der Waals surface area contributed by atoms with Crippen molar-refractivity contribution in [1.82, 2.24) is 5.32 Å². The van der Waals surface area contributed by atoms with Gasteiger partial charge in [-0.15, -0.1) is 0 Å². The third-order valence-electron chi connectivity index (χ3n) is 3.42. The van der Waals surface area contributed by atoms with Gasteiger partial charge in [-0.05, 0) is 24.0 Å². The highest BCUT2D eigenvalue weighted by Gasteiger charge is 2.30. The van der Waals surface area contributed by atoms with Gasteiger partial charge in [-0.2, -0.15) is 0 Å². The average Bonchev–Trinajstić information content (AvgIpc) is 2.46. The number of fused-ring (bicyclic) bond motifs is 1. The number of nitrogens with one attached hydrogen (secondary N) is 1. The molecule has 0 aliphatic carbocycles. The second-order valence-corrected chi connectivity index (χ2v) is 4.89. The van der Waals surface area contributed by atoms with E-state index in [0.29, 0.717) is 19.4 Å². The number of aliphatic carboxylic acids is 1. The number of carbonyl (C=O) groups is 2. The van der Waals surface area contributed by atoms with Crippen LogP contribution in [0.3, 0.4) is 0 Å². The number of carboxylic acids is 1. The van der Waals surface area contributed by atoms with E-state index < -0.39 is 18.1 Å². The third-order valence-corrected chi connectivity index (χ3v) is 3.42. The summed E-state index contributed by atoms with van der Waals surface area (Å²) in [4.78, 5) is 23.3. The topological polar surface area (TPSA) is 75.6 Å². The van der Waals surface area contributed by atoms with Crippen LogP contribution in [-0.2, 0) is 20.7 Å². The molecule has 0 bridgehead atoms. The molecule has 0 spiro atoms. The molecule has 1 aromatic carbocycles. The molecule has 0 saturated heterocycles. The van der Waals surface area contributed by atoms with Gasteiger partial charge in [-0.3, -0.25) is 4.79 Å². The molecule has 2 atom stereocenters. The summed E-state index contributed by atoms with van der Waals surface area (Å²) in [6.07, 6.45) is 1.17. The largest absolute Gasteiger partial charge is 0.480 e. The summed E-state index contributed by atoms with van der Waals surface area (Å²) in [6.45, 7) is 2.36. The zero-order chi connectivity index (χ0) is 14.5. The Morgan fingerprint density at radius 2 is 2.20 bits per heavy atom. The monoisotopic (exact) mass is 277 g/mol. The maximum atomic E-state index is 12.3. The maximum Gasteiger partial charge on any atom is 0.326 e. The first-order valence-electron chi connectivity index (χ1n) is 6.86. The van der Waals surface area contributed by atoms with Gasteiger partial charge in [0.2, 0.25) is 0 Å². The molecule has 20 heavy (non-hydrogen) atoms. The predicted octanol–water partition coefficient (Wildman–Crippen LogP) is 1.67. The number of ether oxygens (including phenoxy) is 1. The summed E-state index contributed by atoms with van der Waals surface area (Å²) in [5.74, 6) is -1.39. The van der Waals surface area contributed by atoms with Crippen molar-refractivity contribution < 1.29 is 19.4 Å². The number of amides is 1. The first-order valence-corrected chi connectivity index (χ1v) is 6.86. The Balaban J connectivity index is 2.12. The Labute approximate surface area is 117 Å². The van der Waals surface area contributed by atoms with Gasteiger partial charge in [-0.1, -0.05) is 37.6 Å². The maximum absolute atomic E-state index is 12.3. The van der Waals surface area contributed by atoms with Gasteiger partial charge in [0.1, 0.15) is 6.04 Å². The fourth-order valence-electron chi connectivity index (χ4n) is 2.40. The molecule has 2 unspecified atom stereocenters. The van der Waals surface area contributed by atoms with Crippen molar-refractivity contribution in [3.05, 3.63) is 35.4 Å². The smallest absolute Gasteiger partial charge is 0.326 e. The van der Waals surface area contributed by atoms with E-state index in [0.717, 1.165) is 17.5 Å². The summed E-state index contributed by atoms with van der Waals surface area (Å²) in [6, 6.07) is 6.75. The van der Waals surface area contributed by atoms with E-state index in [1.807, 2.05) is 31.2 Å². The van der Waals surface area contributed by atoms with Crippen molar-refractivity contribution in [2.24, 2.45) is 0 Å². The molecular formula is C15H19NO4. The van der Waals surface area contributed by atoms with Crippen molar-refractivity contribution in [3.8, 4) is 0 Å². The molecule has 5 heteroatoms. The van der Waals surface area contributed by atoms with E-state index in [1.54, 1.807) is 0 Å². The molecule has 0 radical (unpaired) electrons. The zero-order valence-electron chi connectivity index (χ0n) is 11.5. The van der Waals surface area contributed by atoms with Gasteiger partial charge in [-0.25, -0.2) is 4.79 Å². The van der Waals surface area contributed by atoms with E-state index in [1.165, 1.54) is 0 Å². The second-order valence-electron chi connectivity index (χ2n) is 4.89. The van der Waals surface area contributed by atoms with Crippen molar-refractivity contribution in [2.75, 3.05) is 6.61 Å². The van der Waals surface area contributed by atoms with Gasteiger partial charge < -0.3 is 15.2 Å². The lowest BCUT2D eigenvalue weighted by Gasteiger charge is -2.26. The van der Waals surface area contributed by atoms with Crippen LogP contribution < -0.4 is 5.32 Å². The Kier molecular flexibility index (Phi) is 4.74. The summed E-state index contributed by atoms with van der Waals surface area (Å²) in [5, 5.41) is 11.7. The molecule has 1 aliphatic rings. The molecule has 1 aromatic rings. The first-order chi connectivity index (χ1) is 9.63. The average molecular weight is 277 g/mol. The van der Waals surface area contributed by atoms with E-state index in [9.17, 15) is 9.59 Å².